The lowest BCUT2D eigenvalue weighted by Crippen LogP contribution is -2.37. The fraction of sp³-hybridized carbons (Fsp3) is 0.421. The second-order valence-electron chi connectivity index (χ2n) is 6.81. The average Bonchev–Trinajstić information content (AvgIpc) is 3.06. The molecule has 0 atom stereocenters. The lowest BCUT2D eigenvalue weighted by molar-refractivity contribution is -0.137. The van der Waals surface area contributed by atoms with Crippen LogP contribution in [-0.4, -0.2) is 50.7 Å². The molecule has 0 unspecified atom stereocenters. The molecule has 29 heavy (non-hydrogen) atoms. The van der Waals surface area contributed by atoms with Gasteiger partial charge >= 0.3 is 6.18 Å². The number of rotatable bonds is 6. The van der Waals surface area contributed by atoms with Crippen molar-refractivity contribution in [3.05, 3.63) is 44.6 Å². The van der Waals surface area contributed by atoms with Gasteiger partial charge in [0.15, 0.2) is 0 Å². The molecular formula is C19H21BrF3N3O2S. The summed E-state index contributed by atoms with van der Waals surface area (Å²) < 4.78 is 45.8. The van der Waals surface area contributed by atoms with Crippen molar-refractivity contribution in [1.82, 2.24) is 4.90 Å². The third-order valence-electron chi connectivity index (χ3n) is 4.44. The van der Waals surface area contributed by atoms with Gasteiger partial charge in [-0.25, -0.2) is 0 Å². The normalized spacial score (nSPS) is 15.0. The van der Waals surface area contributed by atoms with E-state index in [4.69, 9.17) is 4.74 Å². The monoisotopic (exact) mass is 491 g/mol. The summed E-state index contributed by atoms with van der Waals surface area (Å²) in [6.07, 6.45) is -4.48. The van der Waals surface area contributed by atoms with Crippen LogP contribution in [0.3, 0.4) is 0 Å². The van der Waals surface area contributed by atoms with Gasteiger partial charge in [-0.3, -0.25) is 9.69 Å². The van der Waals surface area contributed by atoms with Gasteiger partial charge in [0.05, 0.1) is 40.5 Å². The van der Waals surface area contributed by atoms with Crippen LogP contribution in [-0.2, 0) is 22.3 Å². The van der Waals surface area contributed by atoms with E-state index in [1.807, 2.05) is 21.2 Å². The molecule has 1 saturated heterocycles. The molecule has 2 heterocycles. The maximum Gasteiger partial charge on any atom is 0.416 e. The number of hydrogen-bond acceptors (Lipinski definition) is 5. The molecule has 10 heteroatoms. The number of morpholine rings is 1. The van der Waals surface area contributed by atoms with Gasteiger partial charge in [-0.15, -0.1) is 11.3 Å². The van der Waals surface area contributed by atoms with Crippen molar-refractivity contribution in [2.45, 2.75) is 12.7 Å². The number of alkyl halides is 3. The summed E-state index contributed by atoms with van der Waals surface area (Å²) in [6, 6.07) is 5.43. The molecule has 0 bridgehead atoms. The van der Waals surface area contributed by atoms with Crippen LogP contribution in [0.1, 0.15) is 11.1 Å². The lowest BCUT2D eigenvalue weighted by Gasteiger charge is -2.31. The smallest absolute Gasteiger partial charge is 0.378 e. The molecule has 1 N–H and O–H groups in total. The van der Waals surface area contributed by atoms with E-state index >= 15 is 0 Å². The largest absolute Gasteiger partial charge is 0.416 e. The maximum absolute atomic E-state index is 13.2. The van der Waals surface area contributed by atoms with Crippen molar-refractivity contribution in [3.8, 4) is 0 Å². The summed E-state index contributed by atoms with van der Waals surface area (Å²) in [4.78, 5) is 16.3. The number of nitrogens with one attached hydrogen (secondary N) is 1. The van der Waals surface area contributed by atoms with Crippen LogP contribution in [0.2, 0.25) is 0 Å². The zero-order valence-corrected chi connectivity index (χ0v) is 18.2. The number of halogens is 4. The topological polar surface area (TPSA) is 44.8 Å². The fourth-order valence-electron chi connectivity index (χ4n) is 3.12. The van der Waals surface area contributed by atoms with Crippen molar-refractivity contribution in [2.24, 2.45) is 0 Å². The average molecular weight is 492 g/mol. The number of likely N-dealkylation sites (N-methyl/N-ethyl adjacent to an activating group) is 1. The molecule has 158 valence electrons. The van der Waals surface area contributed by atoms with Gasteiger partial charge in [0, 0.05) is 19.6 Å². The van der Waals surface area contributed by atoms with Gasteiger partial charge in [-0.1, -0.05) is 0 Å². The Bertz CT molecular complexity index is 853. The molecule has 3 rings (SSSR count). The molecule has 0 radical (unpaired) electrons. The fourth-order valence-corrected chi connectivity index (χ4v) is 4.32. The predicted octanol–water partition coefficient (Wildman–Crippen LogP) is 4.44. The molecule has 0 aliphatic carbocycles. The molecule has 0 saturated carbocycles. The summed E-state index contributed by atoms with van der Waals surface area (Å²) in [7, 11) is 1.79. The third-order valence-corrected chi connectivity index (χ3v) is 5.99. The van der Waals surface area contributed by atoms with Gasteiger partial charge in [-0.05, 0) is 58.2 Å². The van der Waals surface area contributed by atoms with Crippen LogP contribution in [0.4, 0.5) is 24.5 Å². The van der Waals surface area contributed by atoms with E-state index in [0.29, 0.717) is 38.5 Å². The first-order chi connectivity index (χ1) is 13.7. The molecule has 2 aromatic rings. The molecular weight excluding hydrogens is 471 g/mol. The number of thiophene rings is 1. The van der Waals surface area contributed by atoms with Crippen molar-refractivity contribution in [1.29, 1.82) is 0 Å². The minimum absolute atomic E-state index is 0.0618. The lowest BCUT2D eigenvalue weighted by atomic mass is 10.1. The highest BCUT2D eigenvalue weighted by atomic mass is 79.9. The minimum Gasteiger partial charge on any atom is -0.378 e. The van der Waals surface area contributed by atoms with E-state index in [1.54, 1.807) is 18.4 Å². The van der Waals surface area contributed by atoms with Crippen LogP contribution < -0.4 is 10.2 Å². The maximum atomic E-state index is 13.2. The minimum atomic E-state index is -4.48. The van der Waals surface area contributed by atoms with Gasteiger partial charge in [0.2, 0.25) is 5.91 Å². The first-order valence-electron chi connectivity index (χ1n) is 8.97. The van der Waals surface area contributed by atoms with Gasteiger partial charge in [0.1, 0.15) is 0 Å². The third kappa shape index (κ3) is 6.18. The molecule has 1 aliphatic rings. The number of benzene rings is 1. The molecule has 1 aromatic carbocycles. The van der Waals surface area contributed by atoms with Crippen LogP contribution in [0, 0.1) is 0 Å². The Kier molecular flexibility index (Phi) is 7.20. The Morgan fingerprint density at radius 2 is 2.03 bits per heavy atom. The summed E-state index contributed by atoms with van der Waals surface area (Å²) in [5.74, 6) is -0.365. The van der Waals surface area contributed by atoms with Crippen LogP contribution in [0.15, 0.2) is 33.4 Å². The second kappa shape index (κ2) is 9.46. The van der Waals surface area contributed by atoms with Gasteiger partial charge in [0.25, 0.3) is 0 Å². The summed E-state index contributed by atoms with van der Waals surface area (Å²) in [5, 5.41) is 4.66. The number of carbonyl (C=O) groups is 1. The second-order valence-corrected chi connectivity index (χ2v) is 9.10. The Morgan fingerprint density at radius 3 is 2.66 bits per heavy atom. The molecule has 1 amide bonds. The SMILES string of the molecule is CN(CC(=O)Nc1cc(C(F)(F)F)ccc1N1CCOCC1)Cc1csc(Br)c1. The first-order valence-corrected chi connectivity index (χ1v) is 10.6. The Labute approximate surface area is 179 Å². The molecule has 5 nitrogen and oxygen atoms in total. The quantitative estimate of drug-likeness (QED) is 0.648. The van der Waals surface area contributed by atoms with Crippen LogP contribution in [0.5, 0.6) is 0 Å². The molecule has 1 fully saturated rings. The summed E-state index contributed by atoms with van der Waals surface area (Å²) >= 11 is 4.96. The number of ether oxygens (including phenoxy) is 1. The van der Waals surface area contributed by atoms with Crippen LogP contribution in [0.25, 0.3) is 0 Å². The Hall–Kier alpha value is -1.62. The number of amides is 1. The van der Waals surface area contributed by atoms with Crippen molar-refractivity contribution in [3.63, 3.8) is 0 Å². The van der Waals surface area contributed by atoms with Gasteiger partial charge in [-0.2, -0.15) is 13.2 Å². The number of hydrogen-bond donors (Lipinski definition) is 1. The number of anilines is 2. The predicted molar refractivity (Wildman–Crippen MR) is 111 cm³/mol. The zero-order chi connectivity index (χ0) is 21.0. The van der Waals surface area contributed by atoms with E-state index in [1.165, 1.54) is 6.07 Å². The van der Waals surface area contributed by atoms with E-state index in [9.17, 15) is 18.0 Å². The van der Waals surface area contributed by atoms with Crippen molar-refractivity contribution < 1.29 is 22.7 Å². The zero-order valence-electron chi connectivity index (χ0n) is 15.8. The number of carbonyl (C=O) groups excluding carboxylic acids is 1. The highest BCUT2D eigenvalue weighted by molar-refractivity contribution is 9.11. The summed E-state index contributed by atoms with van der Waals surface area (Å²) in [6.45, 7) is 2.73. The van der Waals surface area contributed by atoms with Gasteiger partial charge < -0.3 is 15.0 Å². The van der Waals surface area contributed by atoms with Crippen molar-refractivity contribution in [2.75, 3.05) is 50.1 Å². The molecule has 0 spiro atoms. The Morgan fingerprint density at radius 1 is 1.31 bits per heavy atom. The molecule has 1 aliphatic heterocycles. The summed E-state index contributed by atoms with van der Waals surface area (Å²) in [5.41, 5.74) is 1.00. The highest BCUT2D eigenvalue weighted by Gasteiger charge is 2.32. The van der Waals surface area contributed by atoms with E-state index in [-0.39, 0.29) is 18.1 Å². The number of nitrogens with zero attached hydrogens (tertiary/aromatic N) is 2. The molecule has 1 aromatic heterocycles. The van der Waals surface area contributed by atoms with E-state index in [0.717, 1.165) is 21.5 Å². The van der Waals surface area contributed by atoms with Crippen LogP contribution >= 0.6 is 27.3 Å². The van der Waals surface area contributed by atoms with E-state index < -0.39 is 11.7 Å². The standard InChI is InChI=1S/C19H21BrF3N3O2S/c1-25(10-13-8-17(20)29-12-13)11-18(27)24-15-9-14(19(21,22)23)2-3-16(15)26-4-6-28-7-5-26/h2-3,8-9,12H,4-7,10-11H2,1H3,(H,24,27). The van der Waals surface area contributed by atoms with E-state index in [2.05, 4.69) is 21.2 Å². The Balaban J connectivity index is 1.73. The van der Waals surface area contributed by atoms with Crippen molar-refractivity contribution >= 4 is 44.5 Å². The first kappa shape index (κ1) is 22.1. The highest BCUT2D eigenvalue weighted by Crippen LogP contribution is 2.35.